The maximum Gasteiger partial charge on any atom is 0.370 e. The van der Waals surface area contributed by atoms with Crippen LogP contribution in [0, 0.1) is 11.3 Å². The van der Waals surface area contributed by atoms with Gasteiger partial charge in [-0.3, -0.25) is 4.79 Å². The summed E-state index contributed by atoms with van der Waals surface area (Å²) in [4.78, 5) is 23.5. The molecule has 158 valence electrons. The first-order chi connectivity index (χ1) is 14.3. The number of nitrogens with zero attached hydrogens (tertiary/aromatic N) is 2. The second kappa shape index (κ2) is 8.54. The van der Waals surface area contributed by atoms with Crippen molar-refractivity contribution >= 4 is 22.6 Å². The molecule has 2 heterocycles. The summed E-state index contributed by atoms with van der Waals surface area (Å²) in [5.74, 6) is -2.43. The van der Waals surface area contributed by atoms with E-state index in [-0.39, 0.29) is 5.69 Å². The van der Waals surface area contributed by atoms with Crippen molar-refractivity contribution in [1.82, 2.24) is 9.88 Å². The third-order valence-corrected chi connectivity index (χ3v) is 4.99. The number of carbonyl (C=O) groups is 2. The molecule has 0 aliphatic carbocycles. The second-order valence-electron chi connectivity index (χ2n) is 6.96. The number of nitrogens with one attached hydrogen (secondary N) is 1. The zero-order valence-corrected chi connectivity index (χ0v) is 16.0. The molecular formula is C20H21N3O7. The quantitative estimate of drug-likeness (QED) is 0.427. The molecule has 5 N–H and O–H groups in total. The molecule has 1 amide bonds. The summed E-state index contributed by atoms with van der Waals surface area (Å²) in [6, 6.07) is 7.17. The molecule has 0 spiro atoms. The summed E-state index contributed by atoms with van der Waals surface area (Å²) in [7, 11) is 0. The largest absolute Gasteiger partial charge is 0.478 e. The summed E-state index contributed by atoms with van der Waals surface area (Å²) in [5.41, 5.74) is 0.227. The van der Waals surface area contributed by atoms with Crippen molar-refractivity contribution in [2.45, 2.75) is 37.3 Å². The van der Waals surface area contributed by atoms with Gasteiger partial charge in [-0.05, 0) is 6.08 Å². The van der Waals surface area contributed by atoms with Gasteiger partial charge < -0.3 is 35.0 Å². The van der Waals surface area contributed by atoms with Crippen LogP contribution >= 0.6 is 0 Å². The lowest BCUT2D eigenvalue weighted by Crippen LogP contribution is -2.58. The highest BCUT2D eigenvalue weighted by Crippen LogP contribution is 2.33. The van der Waals surface area contributed by atoms with Gasteiger partial charge in [0.2, 0.25) is 11.7 Å². The Bertz CT molecular complexity index is 1040. The minimum Gasteiger partial charge on any atom is -0.478 e. The van der Waals surface area contributed by atoms with Gasteiger partial charge in [-0.1, -0.05) is 24.3 Å². The molecule has 0 bridgehead atoms. The lowest BCUT2D eigenvalue weighted by atomic mass is 9.91. The van der Waals surface area contributed by atoms with Crippen molar-refractivity contribution in [3.8, 4) is 6.07 Å². The smallest absolute Gasteiger partial charge is 0.370 e. The van der Waals surface area contributed by atoms with Crippen LogP contribution in [0.15, 0.2) is 42.3 Å². The Morgan fingerprint density at radius 3 is 2.63 bits per heavy atom. The number of fused-ring (bicyclic) bond motifs is 1. The van der Waals surface area contributed by atoms with Crippen LogP contribution in [0.5, 0.6) is 0 Å². The standard InChI is InChI=1S/C20H21N3O7/c1-10(25)22-17-13(23-8-11-4-2-3-5-12(11)14(23)7-21)6-16(20(28)29)30-19(17)18(27)15(26)9-24/h2-6,8,13,15,17-19,24,26-27H,9H2,1H3,(H,22,25)(H,28,29)/t13-,15+,17+,18+,19+/m0/s1. The molecule has 5 atom stereocenters. The lowest BCUT2D eigenvalue weighted by Gasteiger charge is -2.40. The van der Waals surface area contributed by atoms with Crippen molar-refractivity contribution in [2.75, 3.05) is 6.61 Å². The molecule has 0 radical (unpaired) electrons. The number of aliphatic carboxylic acids is 1. The lowest BCUT2D eigenvalue weighted by molar-refractivity contribution is -0.146. The molecule has 3 rings (SSSR count). The number of carboxylic acid groups (broad SMARTS) is 1. The van der Waals surface area contributed by atoms with Crippen LogP contribution in [0.4, 0.5) is 0 Å². The number of carbonyl (C=O) groups excluding carboxylic acids is 1. The highest BCUT2D eigenvalue weighted by molar-refractivity contribution is 5.88. The maximum absolute atomic E-state index is 11.9. The van der Waals surface area contributed by atoms with E-state index in [9.17, 15) is 35.3 Å². The molecule has 1 aliphatic rings. The van der Waals surface area contributed by atoms with Gasteiger partial charge in [0.05, 0.1) is 18.7 Å². The van der Waals surface area contributed by atoms with Crippen molar-refractivity contribution in [3.05, 3.63) is 48.0 Å². The zero-order valence-electron chi connectivity index (χ0n) is 16.0. The van der Waals surface area contributed by atoms with E-state index in [1.54, 1.807) is 30.5 Å². The molecule has 0 fully saturated rings. The number of aliphatic hydroxyl groups is 3. The number of benzene rings is 1. The van der Waals surface area contributed by atoms with Crippen LogP contribution in [0.1, 0.15) is 18.7 Å². The first-order valence-corrected chi connectivity index (χ1v) is 9.14. The molecule has 0 saturated heterocycles. The van der Waals surface area contributed by atoms with Crippen LogP contribution < -0.4 is 5.32 Å². The van der Waals surface area contributed by atoms with Gasteiger partial charge in [-0.2, -0.15) is 5.26 Å². The average Bonchev–Trinajstić information content (AvgIpc) is 3.10. The zero-order chi connectivity index (χ0) is 22.0. The number of aliphatic hydroxyl groups excluding tert-OH is 3. The molecule has 10 nitrogen and oxygen atoms in total. The normalized spacial score (nSPS) is 23.0. The van der Waals surface area contributed by atoms with Gasteiger partial charge in [0.25, 0.3) is 0 Å². The third kappa shape index (κ3) is 3.86. The van der Waals surface area contributed by atoms with Gasteiger partial charge in [0.15, 0.2) is 0 Å². The monoisotopic (exact) mass is 415 g/mol. The molecule has 1 aromatic heterocycles. The highest BCUT2D eigenvalue weighted by Gasteiger charge is 2.44. The van der Waals surface area contributed by atoms with Gasteiger partial charge in [0, 0.05) is 23.9 Å². The van der Waals surface area contributed by atoms with E-state index < -0.39 is 54.6 Å². The molecule has 1 aliphatic heterocycles. The number of ether oxygens (including phenoxy) is 1. The topological polar surface area (TPSA) is 165 Å². The Morgan fingerprint density at radius 2 is 2.03 bits per heavy atom. The minimum absolute atomic E-state index is 0.227. The molecule has 10 heteroatoms. The first-order valence-electron chi connectivity index (χ1n) is 9.14. The van der Waals surface area contributed by atoms with Gasteiger partial charge in [0.1, 0.15) is 30.1 Å². The summed E-state index contributed by atoms with van der Waals surface area (Å²) in [6.45, 7) is 0.429. The summed E-state index contributed by atoms with van der Waals surface area (Å²) in [6.07, 6.45) is -1.89. The van der Waals surface area contributed by atoms with Crippen molar-refractivity contribution in [2.24, 2.45) is 0 Å². The second-order valence-corrected chi connectivity index (χ2v) is 6.96. The summed E-state index contributed by atoms with van der Waals surface area (Å²) < 4.78 is 6.88. The number of carboxylic acids is 1. The highest BCUT2D eigenvalue weighted by atomic mass is 16.5. The van der Waals surface area contributed by atoms with Gasteiger partial charge in [-0.15, -0.1) is 0 Å². The number of rotatable bonds is 6. The summed E-state index contributed by atoms with van der Waals surface area (Å²) in [5, 5.41) is 52.8. The van der Waals surface area contributed by atoms with Gasteiger partial charge >= 0.3 is 5.97 Å². The molecule has 0 unspecified atom stereocenters. The summed E-state index contributed by atoms with van der Waals surface area (Å²) >= 11 is 0. The fourth-order valence-electron chi connectivity index (χ4n) is 3.63. The number of amides is 1. The minimum atomic E-state index is -1.71. The van der Waals surface area contributed by atoms with Crippen molar-refractivity contribution in [1.29, 1.82) is 5.26 Å². The third-order valence-electron chi connectivity index (χ3n) is 4.99. The molecule has 2 aromatic rings. The number of nitriles is 1. The predicted molar refractivity (Wildman–Crippen MR) is 103 cm³/mol. The maximum atomic E-state index is 11.9. The van der Waals surface area contributed by atoms with E-state index in [0.29, 0.717) is 5.39 Å². The fourth-order valence-corrected chi connectivity index (χ4v) is 3.63. The van der Waals surface area contributed by atoms with E-state index in [0.717, 1.165) is 5.39 Å². The van der Waals surface area contributed by atoms with E-state index in [1.165, 1.54) is 17.6 Å². The SMILES string of the molecule is CC(=O)N[C@H]1[C@H]([C@H](O)[C@H](O)CO)OC(C(=O)O)=C[C@@H]1n1cc2ccccc2c1C#N. The Kier molecular flexibility index (Phi) is 6.07. The Hall–Kier alpha value is -3.39. The number of aromatic nitrogens is 1. The van der Waals surface area contributed by atoms with Crippen LogP contribution in [0.2, 0.25) is 0 Å². The predicted octanol–water partition coefficient (Wildman–Crippen LogP) is -0.360. The Balaban J connectivity index is 2.20. The van der Waals surface area contributed by atoms with E-state index >= 15 is 0 Å². The van der Waals surface area contributed by atoms with Gasteiger partial charge in [-0.25, -0.2) is 4.79 Å². The fraction of sp³-hybridized carbons (Fsp3) is 0.350. The van der Waals surface area contributed by atoms with Crippen LogP contribution in [-0.2, 0) is 14.3 Å². The van der Waals surface area contributed by atoms with E-state index in [2.05, 4.69) is 11.4 Å². The molecule has 1 aromatic carbocycles. The van der Waals surface area contributed by atoms with Crippen molar-refractivity contribution < 1.29 is 34.8 Å². The average molecular weight is 415 g/mol. The first kappa shape index (κ1) is 21.3. The van der Waals surface area contributed by atoms with Crippen molar-refractivity contribution in [3.63, 3.8) is 0 Å². The molecular weight excluding hydrogens is 394 g/mol. The number of hydrogen-bond acceptors (Lipinski definition) is 7. The van der Waals surface area contributed by atoms with Crippen LogP contribution in [0.25, 0.3) is 10.8 Å². The molecule has 30 heavy (non-hydrogen) atoms. The Morgan fingerprint density at radius 1 is 1.33 bits per heavy atom. The van der Waals surface area contributed by atoms with Crippen LogP contribution in [0.3, 0.4) is 0 Å². The van der Waals surface area contributed by atoms with E-state index in [4.69, 9.17) is 4.74 Å². The Labute approximate surface area is 171 Å². The number of hydrogen-bond donors (Lipinski definition) is 5. The van der Waals surface area contributed by atoms with E-state index in [1.807, 2.05) is 0 Å². The van der Waals surface area contributed by atoms with Crippen LogP contribution in [-0.4, -0.2) is 67.8 Å². The molecule has 0 saturated carbocycles.